The number of pyridine rings is 1. The number of rotatable bonds is 2. The summed E-state index contributed by atoms with van der Waals surface area (Å²) in [6.45, 7) is 0. The van der Waals surface area contributed by atoms with Gasteiger partial charge in [0.25, 0.3) is 0 Å². The summed E-state index contributed by atoms with van der Waals surface area (Å²) in [5, 5.41) is 8.42. The molecule has 0 saturated heterocycles. The van der Waals surface area contributed by atoms with E-state index < -0.39 is 11.9 Å². The van der Waals surface area contributed by atoms with Gasteiger partial charge < -0.3 is 5.11 Å². The van der Waals surface area contributed by atoms with E-state index in [0.717, 1.165) is 6.07 Å². The summed E-state index contributed by atoms with van der Waals surface area (Å²) in [5.41, 5.74) is 0.462. The van der Waals surface area contributed by atoms with Gasteiger partial charge in [0.15, 0.2) is 0 Å². The maximum absolute atomic E-state index is 12.4. The molecule has 0 aliphatic heterocycles. The number of hydrogen-bond donors (Lipinski definition) is 1. The van der Waals surface area contributed by atoms with Crippen molar-refractivity contribution >= 4 is 21.9 Å². The first-order chi connectivity index (χ1) is 5.59. The summed E-state index contributed by atoms with van der Waals surface area (Å²) in [4.78, 5) is 13.7. The predicted molar refractivity (Wildman–Crippen MR) is 43.2 cm³/mol. The Balaban J connectivity index is 2.93. The predicted octanol–water partition coefficient (Wildman–Crippen LogP) is 1.61. The van der Waals surface area contributed by atoms with Crippen LogP contribution in [0.1, 0.15) is 5.56 Å². The van der Waals surface area contributed by atoms with E-state index in [4.69, 9.17) is 5.11 Å². The SMILES string of the molecule is O=C(O)Cc1ccc(F)nc1Br. The summed E-state index contributed by atoms with van der Waals surface area (Å²) in [6, 6.07) is 2.52. The molecule has 0 saturated carbocycles. The average molecular weight is 234 g/mol. The fourth-order valence-electron chi connectivity index (χ4n) is 0.736. The van der Waals surface area contributed by atoms with Crippen molar-refractivity contribution < 1.29 is 14.3 Å². The van der Waals surface area contributed by atoms with E-state index in [9.17, 15) is 9.18 Å². The lowest BCUT2D eigenvalue weighted by atomic mass is 10.2. The van der Waals surface area contributed by atoms with Crippen LogP contribution < -0.4 is 0 Å². The van der Waals surface area contributed by atoms with Crippen molar-refractivity contribution in [3.63, 3.8) is 0 Å². The molecule has 0 atom stereocenters. The van der Waals surface area contributed by atoms with Crippen LogP contribution >= 0.6 is 15.9 Å². The maximum atomic E-state index is 12.4. The molecule has 0 bridgehead atoms. The second-order valence-corrected chi connectivity index (χ2v) is 2.91. The van der Waals surface area contributed by atoms with Crippen LogP contribution in [0.5, 0.6) is 0 Å². The van der Waals surface area contributed by atoms with Gasteiger partial charge >= 0.3 is 5.97 Å². The third-order valence-electron chi connectivity index (χ3n) is 1.23. The first-order valence-corrected chi connectivity index (χ1v) is 3.91. The lowest BCUT2D eigenvalue weighted by Gasteiger charge is -1.98. The van der Waals surface area contributed by atoms with E-state index in [2.05, 4.69) is 20.9 Å². The normalized spacial score (nSPS) is 9.83. The van der Waals surface area contributed by atoms with Crippen LogP contribution in [-0.4, -0.2) is 16.1 Å². The van der Waals surface area contributed by atoms with Gasteiger partial charge in [-0.3, -0.25) is 4.79 Å². The van der Waals surface area contributed by atoms with Crippen molar-refractivity contribution in [1.29, 1.82) is 0 Å². The highest BCUT2D eigenvalue weighted by atomic mass is 79.9. The molecule has 1 aromatic rings. The number of nitrogens with zero attached hydrogens (tertiary/aromatic N) is 1. The van der Waals surface area contributed by atoms with Gasteiger partial charge in [-0.25, -0.2) is 4.98 Å². The molecule has 1 aromatic heterocycles. The molecule has 5 heteroatoms. The van der Waals surface area contributed by atoms with Crippen molar-refractivity contribution in [3.05, 3.63) is 28.2 Å². The Kier molecular flexibility index (Phi) is 2.75. The summed E-state index contributed by atoms with van der Waals surface area (Å²) >= 11 is 2.96. The molecule has 0 aliphatic rings. The number of aromatic nitrogens is 1. The summed E-state index contributed by atoms with van der Waals surface area (Å²) in [7, 11) is 0. The number of carboxylic acids is 1. The molecule has 0 aromatic carbocycles. The van der Waals surface area contributed by atoms with Crippen molar-refractivity contribution in [2.75, 3.05) is 0 Å². The molecule has 1 heterocycles. The second kappa shape index (κ2) is 3.62. The number of aliphatic carboxylic acids is 1. The van der Waals surface area contributed by atoms with Gasteiger partial charge in [0.2, 0.25) is 5.95 Å². The minimum Gasteiger partial charge on any atom is -0.481 e. The molecule has 64 valence electrons. The zero-order chi connectivity index (χ0) is 9.14. The average Bonchev–Trinajstić information content (AvgIpc) is 1.94. The van der Waals surface area contributed by atoms with Crippen LogP contribution in [0.3, 0.4) is 0 Å². The van der Waals surface area contributed by atoms with Gasteiger partial charge in [-0.15, -0.1) is 0 Å². The van der Waals surface area contributed by atoms with Crippen LogP contribution in [0.4, 0.5) is 4.39 Å². The van der Waals surface area contributed by atoms with E-state index in [0.29, 0.717) is 5.56 Å². The third-order valence-corrected chi connectivity index (χ3v) is 1.92. The molecule has 12 heavy (non-hydrogen) atoms. The van der Waals surface area contributed by atoms with Gasteiger partial charge in [-0.2, -0.15) is 4.39 Å². The van der Waals surface area contributed by atoms with E-state index in [1.807, 2.05) is 0 Å². The Morgan fingerprint density at radius 2 is 2.33 bits per heavy atom. The van der Waals surface area contributed by atoms with Crippen molar-refractivity contribution in [3.8, 4) is 0 Å². The zero-order valence-corrected chi connectivity index (χ0v) is 7.51. The third kappa shape index (κ3) is 2.27. The number of hydrogen-bond acceptors (Lipinski definition) is 2. The Morgan fingerprint density at radius 3 is 2.83 bits per heavy atom. The number of carbonyl (C=O) groups is 1. The minimum absolute atomic E-state index is 0.159. The van der Waals surface area contributed by atoms with Crippen LogP contribution in [0.15, 0.2) is 16.7 Å². The monoisotopic (exact) mass is 233 g/mol. The lowest BCUT2D eigenvalue weighted by Crippen LogP contribution is -2.02. The maximum Gasteiger partial charge on any atom is 0.307 e. The molecule has 1 rings (SSSR count). The van der Waals surface area contributed by atoms with E-state index in [-0.39, 0.29) is 11.0 Å². The molecule has 0 radical (unpaired) electrons. The first kappa shape index (κ1) is 9.12. The molecule has 0 fully saturated rings. The van der Waals surface area contributed by atoms with Crippen molar-refractivity contribution in [1.82, 2.24) is 4.98 Å². The van der Waals surface area contributed by atoms with E-state index in [1.54, 1.807) is 0 Å². The highest BCUT2D eigenvalue weighted by molar-refractivity contribution is 9.10. The van der Waals surface area contributed by atoms with Crippen molar-refractivity contribution in [2.24, 2.45) is 0 Å². The Bertz CT molecular complexity index is 316. The van der Waals surface area contributed by atoms with Crippen LogP contribution in [0.2, 0.25) is 0 Å². The number of carboxylic acid groups (broad SMARTS) is 1. The highest BCUT2D eigenvalue weighted by Crippen LogP contribution is 2.14. The van der Waals surface area contributed by atoms with Gasteiger partial charge in [-0.1, -0.05) is 6.07 Å². The van der Waals surface area contributed by atoms with Crippen molar-refractivity contribution in [2.45, 2.75) is 6.42 Å². The molecule has 0 aliphatic carbocycles. The fraction of sp³-hybridized carbons (Fsp3) is 0.143. The summed E-state index contributed by atoms with van der Waals surface area (Å²) in [5.74, 6) is -1.60. The summed E-state index contributed by atoms with van der Waals surface area (Å²) in [6.07, 6.45) is -0.159. The molecule has 0 spiro atoms. The molecule has 3 nitrogen and oxygen atoms in total. The van der Waals surface area contributed by atoms with Crippen LogP contribution in [-0.2, 0) is 11.2 Å². The molecule has 0 unspecified atom stereocenters. The van der Waals surface area contributed by atoms with Crippen LogP contribution in [0.25, 0.3) is 0 Å². The Morgan fingerprint density at radius 1 is 1.67 bits per heavy atom. The summed E-state index contributed by atoms with van der Waals surface area (Å²) < 4.78 is 12.6. The topological polar surface area (TPSA) is 50.2 Å². The van der Waals surface area contributed by atoms with Crippen LogP contribution in [0, 0.1) is 5.95 Å². The Hall–Kier alpha value is -0.970. The fourth-order valence-corrected chi connectivity index (χ4v) is 1.18. The van der Waals surface area contributed by atoms with E-state index in [1.165, 1.54) is 6.07 Å². The second-order valence-electron chi connectivity index (χ2n) is 2.15. The zero-order valence-electron chi connectivity index (χ0n) is 5.92. The smallest absolute Gasteiger partial charge is 0.307 e. The Labute approximate surface area is 76.4 Å². The first-order valence-electron chi connectivity index (χ1n) is 3.12. The molecule has 1 N–H and O–H groups in total. The van der Waals surface area contributed by atoms with E-state index >= 15 is 0 Å². The number of halogens is 2. The van der Waals surface area contributed by atoms with Gasteiger partial charge in [-0.05, 0) is 27.6 Å². The molecular formula is C7H5BrFNO2. The minimum atomic E-state index is -0.968. The highest BCUT2D eigenvalue weighted by Gasteiger charge is 2.06. The molecule has 0 amide bonds. The standard InChI is InChI=1S/C7H5BrFNO2/c8-7-4(3-6(11)12)1-2-5(9)10-7/h1-2H,3H2,(H,11,12). The molecular weight excluding hydrogens is 229 g/mol. The van der Waals surface area contributed by atoms with Gasteiger partial charge in [0, 0.05) is 0 Å². The van der Waals surface area contributed by atoms with Gasteiger partial charge in [0.1, 0.15) is 4.60 Å². The largest absolute Gasteiger partial charge is 0.481 e. The van der Waals surface area contributed by atoms with Gasteiger partial charge in [0.05, 0.1) is 6.42 Å². The lowest BCUT2D eigenvalue weighted by molar-refractivity contribution is -0.136. The quantitative estimate of drug-likeness (QED) is 0.790.